The summed E-state index contributed by atoms with van der Waals surface area (Å²) in [6.45, 7) is 0.660. The van der Waals surface area contributed by atoms with Gasteiger partial charge in [-0.05, 0) is 43.2 Å². The van der Waals surface area contributed by atoms with Gasteiger partial charge in [0.1, 0.15) is 28.6 Å². The zero-order chi connectivity index (χ0) is 25.3. The Labute approximate surface area is 220 Å². The van der Waals surface area contributed by atoms with Gasteiger partial charge in [0.2, 0.25) is 0 Å². The fourth-order valence-corrected chi connectivity index (χ4v) is 4.60. The van der Waals surface area contributed by atoms with Crippen molar-refractivity contribution in [2.45, 2.75) is 32.1 Å². The molecule has 0 aliphatic rings. The molecule has 0 unspecified atom stereocenters. The fraction of sp³-hybridized carbons (Fsp3) is 0.300. The number of halogens is 1. The summed E-state index contributed by atoms with van der Waals surface area (Å²) in [4.78, 5) is 13.9. The van der Waals surface area contributed by atoms with Gasteiger partial charge in [-0.15, -0.1) is 0 Å². The molecule has 1 aromatic heterocycles. The third kappa shape index (κ3) is 6.11. The van der Waals surface area contributed by atoms with E-state index < -0.39 is 0 Å². The molecule has 0 fully saturated rings. The van der Waals surface area contributed by atoms with Gasteiger partial charge in [0.05, 0.1) is 26.4 Å². The number of hydrogen-bond acceptors (Lipinski definition) is 5. The molecule has 0 radical (unpaired) electrons. The van der Waals surface area contributed by atoms with E-state index >= 15 is 0 Å². The molecule has 5 nitrogen and oxygen atoms in total. The molecule has 36 heavy (non-hydrogen) atoms. The number of para-hydroxylation sites is 1. The van der Waals surface area contributed by atoms with E-state index in [1.807, 2.05) is 48.5 Å². The van der Waals surface area contributed by atoms with Crippen LogP contribution in [0.2, 0.25) is 0 Å². The number of ketones is 1. The minimum atomic E-state index is -0.165. The molecular formula is C30H31BrO5. The number of rotatable bonds is 13. The van der Waals surface area contributed by atoms with Gasteiger partial charge >= 0.3 is 0 Å². The lowest BCUT2D eigenvalue weighted by molar-refractivity contribution is 0.103. The number of carbonyl (C=O) groups excluding carboxylic acids is 1. The van der Waals surface area contributed by atoms with Crippen molar-refractivity contribution in [1.29, 1.82) is 0 Å². The van der Waals surface area contributed by atoms with E-state index in [1.165, 1.54) is 19.3 Å². The summed E-state index contributed by atoms with van der Waals surface area (Å²) >= 11 is 3.48. The molecule has 0 atom stereocenters. The van der Waals surface area contributed by atoms with Gasteiger partial charge in [0, 0.05) is 27.9 Å². The number of ether oxygens (including phenoxy) is 3. The first-order chi connectivity index (χ1) is 17.6. The van der Waals surface area contributed by atoms with E-state index in [1.54, 1.807) is 32.4 Å². The second-order valence-electron chi connectivity index (χ2n) is 8.57. The fourth-order valence-electron chi connectivity index (χ4n) is 4.20. The molecule has 4 aromatic rings. The Balaban J connectivity index is 1.63. The van der Waals surface area contributed by atoms with Crippen LogP contribution in [0.15, 0.2) is 71.1 Å². The van der Waals surface area contributed by atoms with Crippen LogP contribution in [0.3, 0.4) is 0 Å². The molecule has 4 rings (SSSR count). The predicted molar refractivity (Wildman–Crippen MR) is 147 cm³/mol. The largest absolute Gasteiger partial charge is 0.497 e. The number of alkyl halides is 1. The zero-order valence-corrected chi connectivity index (χ0v) is 22.3. The first-order valence-electron chi connectivity index (χ1n) is 12.2. The first kappa shape index (κ1) is 25.8. The highest BCUT2D eigenvalue weighted by atomic mass is 79.9. The second-order valence-corrected chi connectivity index (χ2v) is 9.36. The minimum Gasteiger partial charge on any atom is -0.497 e. The van der Waals surface area contributed by atoms with Crippen molar-refractivity contribution in [3.05, 3.63) is 77.9 Å². The van der Waals surface area contributed by atoms with E-state index in [4.69, 9.17) is 18.6 Å². The molecular weight excluding hydrogens is 520 g/mol. The van der Waals surface area contributed by atoms with Crippen molar-refractivity contribution >= 4 is 32.7 Å². The summed E-state index contributed by atoms with van der Waals surface area (Å²) in [6, 6.07) is 20.5. The molecule has 0 amide bonds. The quantitative estimate of drug-likeness (QED) is 0.0956. The number of carbonyl (C=O) groups is 1. The topological polar surface area (TPSA) is 57.9 Å². The first-order valence-corrected chi connectivity index (χ1v) is 13.3. The van der Waals surface area contributed by atoms with Crippen LogP contribution >= 0.6 is 15.9 Å². The number of furan rings is 1. The third-order valence-corrected chi connectivity index (χ3v) is 6.64. The Hall–Kier alpha value is -3.25. The summed E-state index contributed by atoms with van der Waals surface area (Å²) in [5.41, 5.74) is 2.41. The molecule has 0 N–H and O–H groups in total. The lowest BCUT2D eigenvalue weighted by Crippen LogP contribution is -2.04. The maximum Gasteiger partial charge on any atom is 0.197 e. The molecule has 0 aliphatic heterocycles. The Morgan fingerprint density at radius 2 is 1.53 bits per heavy atom. The van der Waals surface area contributed by atoms with Crippen molar-refractivity contribution in [2.75, 3.05) is 26.2 Å². The third-order valence-electron chi connectivity index (χ3n) is 6.08. The number of hydrogen-bond donors (Lipinski definition) is 0. The molecule has 0 saturated carbocycles. The van der Waals surface area contributed by atoms with Crippen molar-refractivity contribution in [2.24, 2.45) is 0 Å². The molecule has 3 aromatic carbocycles. The SMILES string of the molecule is COc1cc(OC)cc(C(=O)c2c(-c3cccc(OCCCCCCCBr)c3)oc3ccccc23)c1. The van der Waals surface area contributed by atoms with Crippen LogP contribution in [0.1, 0.15) is 48.0 Å². The summed E-state index contributed by atoms with van der Waals surface area (Å²) in [5, 5.41) is 1.82. The van der Waals surface area contributed by atoms with Crippen molar-refractivity contribution in [3.8, 4) is 28.6 Å². The van der Waals surface area contributed by atoms with Crippen LogP contribution in [-0.4, -0.2) is 31.9 Å². The Bertz CT molecular complexity index is 1290. The summed E-state index contributed by atoms with van der Waals surface area (Å²) in [6.07, 6.45) is 5.83. The maximum atomic E-state index is 13.9. The molecule has 6 heteroatoms. The van der Waals surface area contributed by atoms with Crippen molar-refractivity contribution < 1.29 is 23.4 Å². The van der Waals surface area contributed by atoms with Crippen molar-refractivity contribution in [1.82, 2.24) is 0 Å². The van der Waals surface area contributed by atoms with Gasteiger partial charge in [-0.3, -0.25) is 4.79 Å². The summed E-state index contributed by atoms with van der Waals surface area (Å²) in [5.74, 6) is 2.21. The Kier molecular flexibility index (Phi) is 9.06. The molecule has 0 spiro atoms. The molecule has 0 saturated heterocycles. The lowest BCUT2D eigenvalue weighted by atomic mass is 9.97. The number of methoxy groups -OCH3 is 2. The van der Waals surface area contributed by atoms with Crippen LogP contribution in [0.5, 0.6) is 17.2 Å². The number of unbranched alkanes of at least 4 members (excludes halogenated alkanes) is 4. The Morgan fingerprint density at radius 1 is 0.806 bits per heavy atom. The van der Waals surface area contributed by atoms with E-state index in [0.29, 0.717) is 40.6 Å². The van der Waals surface area contributed by atoms with Gasteiger partial charge in [-0.25, -0.2) is 0 Å². The molecule has 0 aliphatic carbocycles. The van der Waals surface area contributed by atoms with Crippen LogP contribution in [0, 0.1) is 0 Å². The standard InChI is InChI=1S/C30H31BrO5/c1-33-24-18-22(19-25(20-24)34-2)29(32)28-26-13-6-7-14-27(26)36-30(28)21-11-10-12-23(17-21)35-16-9-5-3-4-8-15-31/h6-7,10-14,17-20H,3-5,8-9,15-16H2,1-2H3. The van der Waals surface area contributed by atoms with Crippen LogP contribution < -0.4 is 14.2 Å². The number of fused-ring (bicyclic) bond motifs is 1. The minimum absolute atomic E-state index is 0.165. The average molecular weight is 551 g/mol. The summed E-state index contributed by atoms with van der Waals surface area (Å²) in [7, 11) is 3.13. The molecule has 1 heterocycles. The lowest BCUT2D eigenvalue weighted by Gasteiger charge is -2.10. The highest BCUT2D eigenvalue weighted by Gasteiger charge is 2.24. The summed E-state index contributed by atoms with van der Waals surface area (Å²) < 4.78 is 23.0. The molecule has 188 valence electrons. The molecule has 0 bridgehead atoms. The smallest absolute Gasteiger partial charge is 0.197 e. The highest BCUT2D eigenvalue weighted by Crippen LogP contribution is 2.37. The van der Waals surface area contributed by atoms with E-state index in [-0.39, 0.29) is 5.78 Å². The zero-order valence-electron chi connectivity index (χ0n) is 20.7. The number of benzene rings is 3. The van der Waals surface area contributed by atoms with Gasteiger partial charge in [-0.1, -0.05) is 65.5 Å². The van der Waals surface area contributed by atoms with Gasteiger partial charge < -0.3 is 18.6 Å². The van der Waals surface area contributed by atoms with Gasteiger partial charge in [-0.2, -0.15) is 0 Å². The van der Waals surface area contributed by atoms with Crippen LogP contribution in [-0.2, 0) is 0 Å². The second kappa shape index (κ2) is 12.6. The van der Waals surface area contributed by atoms with E-state index in [9.17, 15) is 4.79 Å². The van der Waals surface area contributed by atoms with Gasteiger partial charge in [0.25, 0.3) is 0 Å². The Morgan fingerprint density at radius 3 is 2.28 bits per heavy atom. The van der Waals surface area contributed by atoms with Gasteiger partial charge in [0.15, 0.2) is 5.78 Å². The normalized spacial score (nSPS) is 11.0. The van der Waals surface area contributed by atoms with Crippen LogP contribution in [0.4, 0.5) is 0 Å². The highest BCUT2D eigenvalue weighted by molar-refractivity contribution is 9.09. The van der Waals surface area contributed by atoms with E-state index in [0.717, 1.165) is 34.9 Å². The van der Waals surface area contributed by atoms with E-state index in [2.05, 4.69) is 15.9 Å². The van der Waals surface area contributed by atoms with Crippen LogP contribution in [0.25, 0.3) is 22.3 Å². The maximum absolute atomic E-state index is 13.9. The monoisotopic (exact) mass is 550 g/mol. The predicted octanol–water partition coefficient (Wildman–Crippen LogP) is 8.07. The van der Waals surface area contributed by atoms with Crippen molar-refractivity contribution in [3.63, 3.8) is 0 Å². The average Bonchev–Trinajstić information content (AvgIpc) is 3.31.